The molecule has 0 aromatic rings. The summed E-state index contributed by atoms with van der Waals surface area (Å²) in [6.45, 7) is 0. The SMILES string of the molecule is [N-]=[N+]=NC1CCCC1NC(=O)O. The van der Waals surface area contributed by atoms with Crippen molar-refractivity contribution in [2.75, 3.05) is 0 Å². The van der Waals surface area contributed by atoms with Crippen LogP contribution in [0.2, 0.25) is 0 Å². The van der Waals surface area contributed by atoms with Gasteiger partial charge in [-0.1, -0.05) is 11.5 Å². The second-order valence-electron chi connectivity index (χ2n) is 2.76. The Hall–Kier alpha value is -1.42. The minimum Gasteiger partial charge on any atom is -0.465 e. The Balaban J connectivity index is 2.51. The first-order valence-corrected chi connectivity index (χ1v) is 3.77. The summed E-state index contributed by atoms with van der Waals surface area (Å²) in [4.78, 5) is 12.9. The average molecular weight is 170 g/mol. The highest BCUT2D eigenvalue weighted by Crippen LogP contribution is 2.21. The van der Waals surface area contributed by atoms with Crippen molar-refractivity contribution >= 4 is 6.09 Å². The maximum Gasteiger partial charge on any atom is 0.404 e. The van der Waals surface area contributed by atoms with Crippen LogP contribution in [-0.4, -0.2) is 23.3 Å². The van der Waals surface area contributed by atoms with Crippen LogP contribution in [-0.2, 0) is 0 Å². The van der Waals surface area contributed by atoms with Crippen molar-refractivity contribution in [3.63, 3.8) is 0 Å². The second kappa shape index (κ2) is 3.82. The summed E-state index contributed by atoms with van der Waals surface area (Å²) in [7, 11) is 0. The van der Waals surface area contributed by atoms with Gasteiger partial charge in [0.15, 0.2) is 0 Å². The molecule has 6 heteroatoms. The van der Waals surface area contributed by atoms with Crippen LogP contribution in [0.5, 0.6) is 0 Å². The minimum atomic E-state index is -1.06. The molecule has 1 aliphatic carbocycles. The molecule has 0 aromatic heterocycles. The van der Waals surface area contributed by atoms with Crippen LogP contribution in [0.3, 0.4) is 0 Å². The fourth-order valence-electron chi connectivity index (χ4n) is 1.47. The molecule has 2 atom stereocenters. The first-order chi connectivity index (χ1) is 5.74. The Bertz CT molecular complexity index is 224. The molecule has 1 saturated carbocycles. The van der Waals surface area contributed by atoms with E-state index in [9.17, 15) is 4.79 Å². The number of nitrogens with one attached hydrogen (secondary N) is 1. The zero-order valence-electron chi connectivity index (χ0n) is 6.47. The average Bonchev–Trinajstić information content (AvgIpc) is 2.37. The summed E-state index contributed by atoms with van der Waals surface area (Å²) in [5.41, 5.74) is 8.16. The molecule has 0 aliphatic heterocycles. The Labute approximate surface area is 69.2 Å². The number of carboxylic acid groups (broad SMARTS) is 1. The van der Waals surface area contributed by atoms with Crippen LogP contribution in [0.1, 0.15) is 19.3 Å². The standard InChI is InChI=1S/C6H10N4O2/c7-10-9-5-3-1-2-4(5)8-6(11)12/h4-5,8H,1-3H2,(H,11,12). The third-order valence-corrected chi connectivity index (χ3v) is 1.99. The van der Waals surface area contributed by atoms with E-state index >= 15 is 0 Å². The third-order valence-electron chi connectivity index (χ3n) is 1.99. The van der Waals surface area contributed by atoms with E-state index in [2.05, 4.69) is 15.3 Å². The number of hydrogen-bond acceptors (Lipinski definition) is 2. The molecule has 1 amide bonds. The van der Waals surface area contributed by atoms with Gasteiger partial charge in [-0.05, 0) is 18.4 Å². The fourth-order valence-corrected chi connectivity index (χ4v) is 1.47. The van der Waals surface area contributed by atoms with Gasteiger partial charge >= 0.3 is 6.09 Å². The van der Waals surface area contributed by atoms with Crippen molar-refractivity contribution in [1.29, 1.82) is 0 Å². The molecule has 6 nitrogen and oxygen atoms in total. The zero-order valence-corrected chi connectivity index (χ0v) is 6.47. The van der Waals surface area contributed by atoms with Crippen LogP contribution < -0.4 is 5.32 Å². The Morgan fingerprint density at radius 3 is 3.00 bits per heavy atom. The topological polar surface area (TPSA) is 98.1 Å². The van der Waals surface area contributed by atoms with E-state index < -0.39 is 6.09 Å². The van der Waals surface area contributed by atoms with E-state index in [1.54, 1.807) is 0 Å². The van der Waals surface area contributed by atoms with Crippen molar-refractivity contribution in [3.05, 3.63) is 10.4 Å². The van der Waals surface area contributed by atoms with Crippen LogP contribution in [0.15, 0.2) is 5.11 Å². The molecule has 1 rings (SSSR count). The van der Waals surface area contributed by atoms with Crippen molar-refractivity contribution in [2.24, 2.45) is 5.11 Å². The van der Waals surface area contributed by atoms with Crippen molar-refractivity contribution in [2.45, 2.75) is 31.3 Å². The number of azide groups is 1. The quantitative estimate of drug-likeness (QED) is 0.372. The largest absolute Gasteiger partial charge is 0.465 e. The number of carbonyl (C=O) groups is 1. The first kappa shape index (κ1) is 8.67. The van der Waals surface area contributed by atoms with Gasteiger partial charge in [-0.25, -0.2) is 4.79 Å². The van der Waals surface area contributed by atoms with Crippen molar-refractivity contribution in [3.8, 4) is 0 Å². The molecule has 0 heterocycles. The van der Waals surface area contributed by atoms with Crippen LogP contribution in [0, 0.1) is 0 Å². The number of hydrogen-bond donors (Lipinski definition) is 2. The Kier molecular flexibility index (Phi) is 2.76. The second-order valence-corrected chi connectivity index (χ2v) is 2.76. The molecule has 0 spiro atoms. The highest BCUT2D eigenvalue weighted by Gasteiger charge is 2.27. The number of nitrogens with zero attached hydrogens (tertiary/aromatic N) is 3. The maximum absolute atomic E-state index is 10.3. The van der Waals surface area contributed by atoms with Gasteiger partial charge in [0, 0.05) is 11.0 Å². The van der Waals surface area contributed by atoms with Crippen molar-refractivity contribution in [1.82, 2.24) is 5.32 Å². The monoisotopic (exact) mass is 170 g/mol. The Morgan fingerprint density at radius 2 is 2.42 bits per heavy atom. The van der Waals surface area contributed by atoms with Gasteiger partial charge in [0.25, 0.3) is 0 Å². The molecular weight excluding hydrogens is 160 g/mol. The van der Waals surface area contributed by atoms with E-state index in [0.717, 1.165) is 19.3 Å². The van der Waals surface area contributed by atoms with E-state index in [1.807, 2.05) is 0 Å². The number of rotatable bonds is 2. The minimum absolute atomic E-state index is 0.196. The van der Waals surface area contributed by atoms with E-state index in [4.69, 9.17) is 10.6 Å². The summed E-state index contributed by atoms with van der Waals surface area (Å²) in [6, 6.07) is -0.399. The fraction of sp³-hybridized carbons (Fsp3) is 0.833. The molecule has 0 radical (unpaired) electrons. The molecule has 0 saturated heterocycles. The van der Waals surface area contributed by atoms with Crippen molar-refractivity contribution < 1.29 is 9.90 Å². The van der Waals surface area contributed by atoms with E-state index in [0.29, 0.717) is 0 Å². The lowest BCUT2D eigenvalue weighted by Gasteiger charge is -2.13. The van der Waals surface area contributed by atoms with Gasteiger partial charge in [0.1, 0.15) is 0 Å². The van der Waals surface area contributed by atoms with Gasteiger partial charge in [-0.2, -0.15) is 0 Å². The third kappa shape index (κ3) is 2.03. The van der Waals surface area contributed by atoms with Gasteiger partial charge in [-0.3, -0.25) is 0 Å². The molecule has 66 valence electrons. The van der Waals surface area contributed by atoms with Crippen LogP contribution >= 0.6 is 0 Å². The van der Waals surface area contributed by atoms with Gasteiger partial charge < -0.3 is 10.4 Å². The summed E-state index contributed by atoms with van der Waals surface area (Å²) < 4.78 is 0. The molecular formula is C6H10N4O2. The normalized spacial score (nSPS) is 27.7. The Morgan fingerprint density at radius 1 is 1.67 bits per heavy atom. The highest BCUT2D eigenvalue weighted by molar-refractivity contribution is 5.65. The molecule has 12 heavy (non-hydrogen) atoms. The predicted molar refractivity (Wildman–Crippen MR) is 41.7 cm³/mol. The molecule has 2 unspecified atom stereocenters. The van der Waals surface area contributed by atoms with Crippen LogP contribution in [0.25, 0.3) is 10.4 Å². The lowest BCUT2D eigenvalue weighted by atomic mass is 10.2. The van der Waals surface area contributed by atoms with E-state index in [-0.39, 0.29) is 12.1 Å². The highest BCUT2D eigenvalue weighted by atomic mass is 16.4. The van der Waals surface area contributed by atoms with Gasteiger partial charge in [0.2, 0.25) is 0 Å². The molecule has 2 N–H and O–H groups in total. The lowest BCUT2D eigenvalue weighted by Crippen LogP contribution is -2.37. The van der Waals surface area contributed by atoms with Gasteiger partial charge in [-0.15, -0.1) is 0 Å². The predicted octanol–water partition coefficient (Wildman–Crippen LogP) is 1.49. The van der Waals surface area contributed by atoms with Gasteiger partial charge in [0.05, 0.1) is 6.04 Å². The number of amides is 1. The van der Waals surface area contributed by atoms with Crippen LogP contribution in [0.4, 0.5) is 4.79 Å². The smallest absolute Gasteiger partial charge is 0.404 e. The summed E-state index contributed by atoms with van der Waals surface area (Å²) in [6.07, 6.45) is 1.39. The lowest BCUT2D eigenvalue weighted by molar-refractivity contribution is 0.189. The summed E-state index contributed by atoms with van der Waals surface area (Å²) in [5, 5.41) is 14.3. The zero-order chi connectivity index (χ0) is 8.97. The molecule has 1 aliphatic rings. The molecule has 0 aromatic carbocycles. The first-order valence-electron chi connectivity index (χ1n) is 3.77. The molecule has 0 bridgehead atoms. The maximum atomic E-state index is 10.3. The van der Waals surface area contributed by atoms with E-state index in [1.165, 1.54) is 0 Å². The summed E-state index contributed by atoms with van der Waals surface area (Å²) in [5.74, 6) is 0. The summed E-state index contributed by atoms with van der Waals surface area (Å²) >= 11 is 0. The molecule has 1 fully saturated rings.